The Morgan fingerprint density at radius 3 is 1.37 bits per heavy atom. The molecule has 0 aliphatic carbocycles. The van der Waals surface area contributed by atoms with E-state index in [1.165, 1.54) is 13.8 Å². The summed E-state index contributed by atoms with van der Waals surface area (Å²) in [5.41, 5.74) is -2.55. The molecule has 0 aromatic rings. The highest BCUT2D eigenvalue weighted by atomic mass is 32.1. The van der Waals surface area contributed by atoms with E-state index in [1.807, 2.05) is 0 Å². The molecule has 0 radical (unpaired) electrons. The number of aliphatic hydroxyl groups is 4. The van der Waals surface area contributed by atoms with Gasteiger partial charge in [-0.3, -0.25) is 9.59 Å². The highest BCUT2D eigenvalue weighted by Crippen LogP contribution is 2.23. The molecule has 0 rings (SSSR count). The van der Waals surface area contributed by atoms with Crippen molar-refractivity contribution in [3.63, 3.8) is 0 Å². The van der Waals surface area contributed by atoms with Gasteiger partial charge in [0.15, 0.2) is 0 Å². The Kier molecular flexibility index (Phi) is 12.5. The molecular weight excluding hydrogens is 400 g/mol. The van der Waals surface area contributed by atoms with Gasteiger partial charge in [-0.25, -0.2) is 0 Å². The van der Waals surface area contributed by atoms with E-state index in [-0.39, 0.29) is 26.4 Å². The average Bonchev–Trinajstić information content (AvgIpc) is 2.66. The summed E-state index contributed by atoms with van der Waals surface area (Å²) in [5.74, 6) is -1.25. The van der Waals surface area contributed by atoms with Crippen molar-refractivity contribution in [1.82, 2.24) is 0 Å². The predicted molar refractivity (Wildman–Crippen MR) is 103 cm³/mol. The highest BCUT2D eigenvalue weighted by molar-refractivity contribution is 7.81. The highest BCUT2D eigenvalue weighted by Gasteiger charge is 2.37. The number of aliphatic hydroxyl groups excluding tert-OH is 4. The molecule has 4 N–H and O–H groups in total. The molecule has 9 nitrogen and oxygen atoms in total. The molecule has 27 heavy (non-hydrogen) atoms. The quantitative estimate of drug-likeness (QED) is 0.146. The Labute approximate surface area is 169 Å². The van der Waals surface area contributed by atoms with Crippen LogP contribution in [0.2, 0.25) is 0 Å². The summed E-state index contributed by atoms with van der Waals surface area (Å²) in [6.07, 6.45) is 0. The second kappa shape index (κ2) is 12.8. The standard InChI is InChI=1S/C16H30O9S2/c1-11(26)13(21)24-9-16(6-20,10-25-14(22)12(2)27)8-23-7-15(3-17,4-18)5-19/h11-12,17-20,26-27H,3-10H2,1-2H3. The van der Waals surface area contributed by atoms with Gasteiger partial charge in [0.25, 0.3) is 0 Å². The van der Waals surface area contributed by atoms with Gasteiger partial charge in [0.2, 0.25) is 0 Å². The Morgan fingerprint density at radius 2 is 1.07 bits per heavy atom. The summed E-state index contributed by atoms with van der Waals surface area (Å²) in [5, 5.41) is 36.5. The summed E-state index contributed by atoms with van der Waals surface area (Å²) in [4.78, 5) is 23.4. The van der Waals surface area contributed by atoms with Crippen LogP contribution in [0.3, 0.4) is 0 Å². The van der Waals surface area contributed by atoms with Crippen molar-refractivity contribution in [2.75, 3.05) is 52.9 Å². The molecular formula is C16H30O9S2. The second-order valence-corrected chi connectivity index (χ2v) is 8.24. The van der Waals surface area contributed by atoms with Crippen LogP contribution in [-0.4, -0.2) is 95.7 Å². The molecule has 0 heterocycles. The lowest BCUT2D eigenvalue weighted by atomic mass is 9.90. The Balaban J connectivity index is 5.12. The first-order valence-corrected chi connectivity index (χ1v) is 9.35. The van der Waals surface area contributed by atoms with Crippen molar-refractivity contribution < 1.29 is 44.2 Å². The lowest BCUT2D eigenvalue weighted by Crippen LogP contribution is -2.45. The minimum atomic E-state index is -1.28. The normalized spacial score (nSPS) is 16.3. The van der Waals surface area contributed by atoms with Gasteiger partial charge >= 0.3 is 11.9 Å². The van der Waals surface area contributed by atoms with E-state index in [0.29, 0.717) is 0 Å². The molecule has 0 aliphatic heterocycles. The van der Waals surface area contributed by atoms with Crippen molar-refractivity contribution in [1.29, 1.82) is 0 Å². The zero-order valence-corrected chi connectivity index (χ0v) is 17.3. The molecule has 2 unspecified atom stereocenters. The topological polar surface area (TPSA) is 143 Å². The first-order chi connectivity index (χ1) is 12.6. The van der Waals surface area contributed by atoms with Crippen LogP contribution in [0.1, 0.15) is 13.8 Å². The first-order valence-electron chi connectivity index (χ1n) is 8.31. The summed E-state index contributed by atoms with van der Waals surface area (Å²) < 4.78 is 15.7. The monoisotopic (exact) mass is 430 g/mol. The third kappa shape index (κ3) is 8.99. The molecule has 0 aliphatic rings. The van der Waals surface area contributed by atoms with Crippen LogP contribution in [0.5, 0.6) is 0 Å². The van der Waals surface area contributed by atoms with E-state index < -0.39 is 59.7 Å². The molecule has 0 saturated heterocycles. The van der Waals surface area contributed by atoms with Gasteiger partial charge in [-0.05, 0) is 13.8 Å². The van der Waals surface area contributed by atoms with E-state index >= 15 is 0 Å². The van der Waals surface area contributed by atoms with Crippen molar-refractivity contribution >= 4 is 37.2 Å². The van der Waals surface area contributed by atoms with Crippen LogP contribution in [-0.2, 0) is 23.8 Å². The van der Waals surface area contributed by atoms with E-state index in [0.717, 1.165) is 0 Å². The Morgan fingerprint density at radius 1 is 0.741 bits per heavy atom. The lowest BCUT2D eigenvalue weighted by Gasteiger charge is -2.33. The van der Waals surface area contributed by atoms with Crippen molar-refractivity contribution in [3.05, 3.63) is 0 Å². The molecule has 2 atom stereocenters. The molecule has 0 spiro atoms. The zero-order chi connectivity index (χ0) is 21.1. The first kappa shape index (κ1) is 26.4. The van der Waals surface area contributed by atoms with Crippen molar-refractivity contribution in [3.8, 4) is 0 Å². The Hall–Kier alpha value is -0.560. The average molecular weight is 431 g/mol. The SMILES string of the molecule is CC(S)C(=O)OCC(CO)(COCC(CO)(CO)CO)COC(=O)C(C)S. The minimum absolute atomic E-state index is 0.228. The number of ether oxygens (including phenoxy) is 3. The predicted octanol–water partition coefficient (Wildman–Crippen LogP) is -1.33. The molecule has 0 saturated carbocycles. The smallest absolute Gasteiger partial charge is 0.318 e. The van der Waals surface area contributed by atoms with Crippen LogP contribution >= 0.6 is 25.3 Å². The van der Waals surface area contributed by atoms with Crippen LogP contribution < -0.4 is 0 Å². The van der Waals surface area contributed by atoms with Gasteiger partial charge in [0, 0.05) is 0 Å². The van der Waals surface area contributed by atoms with Gasteiger partial charge in [0.1, 0.15) is 13.2 Å². The van der Waals surface area contributed by atoms with Crippen LogP contribution in [0.4, 0.5) is 0 Å². The number of hydrogen-bond donors (Lipinski definition) is 6. The van der Waals surface area contributed by atoms with Crippen LogP contribution in [0.15, 0.2) is 0 Å². The minimum Gasteiger partial charge on any atom is -0.464 e. The van der Waals surface area contributed by atoms with Gasteiger partial charge in [-0.1, -0.05) is 0 Å². The molecule has 160 valence electrons. The van der Waals surface area contributed by atoms with Gasteiger partial charge in [0.05, 0.1) is 61.0 Å². The maximum absolute atomic E-state index is 11.7. The van der Waals surface area contributed by atoms with Gasteiger partial charge < -0.3 is 34.6 Å². The van der Waals surface area contributed by atoms with Crippen LogP contribution in [0, 0.1) is 10.8 Å². The number of hydrogen-bond acceptors (Lipinski definition) is 11. The fourth-order valence-corrected chi connectivity index (χ4v) is 1.87. The molecule has 0 aromatic heterocycles. The maximum atomic E-state index is 11.7. The molecule has 11 heteroatoms. The summed E-state index contributed by atoms with van der Waals surface area (Å²) in [6.45, 7) is -0.164. The number of carbonyl (C=O) groups is 2. The molecule has 0 fully saturated rings. The summed E-state index contributed by atoms with van der Waals surface area (Å²) >= 11 is 7.93. The van der Waals surface area contributed by atoms with E-state index in [9.17, 15) is 30.0 Å². The van der Waals surface area contributed by atoms with Crippen molar-refractivity contribution in [2.24, 2.45) is 10.8 Å². The van der Waals surface area contributed by atoms with Gasteiger partial charge in [-0.15, -0.1) is 0 Å². The Bertz CT molecular complexity index is 421. The maximum Gasteiger partial charge on any atom is 0.318 e. The third-order valence-electron chi connectivity index (χ3n) is 3.88. The summed E-state index contributed by atoms with van der Waals surface area (Å²) in [6, 6.07) is 0. The van der Waals surface area contributed by atoms with Crippen molar-refractivity contribution in [2.45, 2.75) is 24.3 Å². The van der Waals surface area contributed by atoms with E-state index in [1.54, 1.807) is 0 Å². The summed E-state index contributed by atoms with van der Waals surface area (Å²) in [7, 11) is 0. The molecule has 0 aromatic carbocycles. The largest absolute Gasteiger partial charge is 0.464 e. The number of thiol groups is 2. The van der Waals surface area contributed by atoms with Gasteiger partial charge in [-0.2, -0.15) is 25.3 Å². The van der Waals surface area contributed by atoms with E-state index in [4.69, 9.17) is 14.2 Å². The fraction of sp³-hybridized carbons (Fsp3) is 0.875. The zero-order valence-electron chi connectivity index (χ0n) is 15.5. The number of esters is 2. The second-order valence-electron chi connectivity index (χ2n) is 6.69. The van der Waals surface area contributed by atoms with Crippen LogP contribution in [0.25, 0.3) is 0 Å². The number of carbonyl (C=O) groups excluding carboxylic acids is 2. The number of rotatable bonds is 14. The molecule has 0 bridgehead atoms. The third-order valence-corrected chi connectivity index (χ3v) is 4.30. The fourth-order valence-electron chi connectivity index (χ4n) is 1.72. The molecule has 0 amide bonds. The van der Waals surface area contributed by atoms with E-state index in [2.05, 4.69) is 25.3 Å². The lowest BCUT2D eigenvalue weighted by molar-refractivity contribution is -0.162.